The van der Waals surface area contributed by atoms with E-state index in [1.165, 1.54) is 10.9 Å². The zero-order chi connectivity index (χ0) is 16.9. The van der Waals surface area contributed by atoms with Gasteiger partial charge in [-0.15, -0.1) is 0 Å². The van der Waals surface area contributed by atoms with Crippen molar-refractivity contribution in [3.8, 4) is 5.95 Å². The van der Waals surface area contributed by atoms with Gasteiger partial charge in [-0.25, -0.2) is 9.67 Å². The van der Waals surface area contributed by atoms with E-state index in [9.17, 15) is 9.59 Å². The molecule has 2 aromatic heterocycles. The molecule has 0 fully saturated rings. The highest BCUT2D eigenvalue weighted by Gasteiger charge is 2.20. The van der Waals surface area contributed by atoms with Crippen molar-refractivity contribution in [2.45, 2.75) is 25.7 Å². The van der Waals surface area contributed by atoms with Gasteiger partial charge in [-0.2, -0.15) is 5.10 Å². The summed E-state index contributed by atoms with van der Waals surface area (Å²) in [4.78, 5) is 31.7. The number of benzene rings is 1. The number of ketones is 1. The Hall–Kier alpha value is -3.02. The summed E-state index contributed by atoms with van der Waals surface area (Å²) in [5.74, 6) is 0.135. The van der Waals surface area contributed by atoms with Crippen LogP contribution in [0.5, 0.6) is 0 Å². The van der Waals surface area contributed by atoms with E-state index < -0.39 is 0 Å². The fourth-order valence-corrected chi connectivity index (χ4v) is 2.69. The number of aromatic nitrogens is 4. The zero-order valence-electron chi connectivity index (χ0n) is 13.3. The molecule has 122 valence electrons. The standard InChI is InChI=1S/C18H18N4O2/c1-2-15(13-7-4-3-5-8-13)16(23)11-14-12-19-18(21-17(14)24)22-10-6-9-20-22/h3-10,12,15H,2,11H2,1H3,(H,19,21,24). The molecule has 3 rings (SSSR count). The molecule has 6 heteroatoms. The van der Waals surface area contributed by atoms with Gasteiger partial charge in [0, 0.05) is 36.5 Å². The van der Waals surface area contributed by atoms with Crippen LogP contribution in [-0.4, -0.2) is 25.5 Å². The molecule has 0 radical (unpaired) electrons. The van der Waals surface area contributed by atoms with Crippen LogP contribution in [0, 0.1) is 0 Å². The molecule has 1 N–H and O–H groups in total. The molecule has 0 amide bonds. The molecule has 1 aromatic carbocycles. The van der Waals surface area contributed by atoms with Gasteiger partial charge in [0.15, 0.2) is 0 Å². The van der Waals surface area contributed by atoms with Gasteiger partial charge in [0.2, 0.25) is 5.95 Å². The molecule has 0 aliphatic heterocycles. The lowest BCUT2D eigenvalue weighted by molar-refractivity contribution is -0.119. The van der Waals surface area contributed by atoms with Gasteiger partial charge in [-0.1, -0.05) is 37.3 Å². The molecule has 0 aliphatic carbocycles. The predicted molar refractivity (Wildman–Crippen MR) is 90.2 cm³/mol. The maximum absolute atomic E-state index is 12.6. The second kappa shape index (κ2) is 7.04. The van der Waals surface area contributed by atoms with E-state index in [0.29, 0.717) is 17.9 Å². The number of nitrogens with one attached hydrogen (secondary N) is 1. The number of Topliss-reactive ketones (excluding diaryl/α,β-unsaturated/α-hetero) is 1. The molecule has 1 atom stereocenters. The number of nitrogens with zero attached hydrogens (tertiary/aromatic N) is 3. The van der Waals surface area contributed by atoms with Crippen LogP contribution in [0.1, 0.15) is 30.4 Å². The summed E-state index contributed by atoms with van der Waals surface area (Å²) in [5, 5.41) is 4.02. The fraction of sp³-hybridized carbons (Fsp3) is 0.222. The number of carbonyl (C=O) groups excluding carboxylic acids is 1. The summed E-state index contributed by atoms with van der Waals surface area (Å²) in [7, 11) is 0. The number of aromatic amines is 1. The topological polar surface area (TPSA) is 80.6 Å². The third-order valence-electron chi connectivity index (χ3n) is 3.94. The Kier molecular flexibility index (Phi) is 4.65. The Balaban J connectivity index is 1.80. The van der Waals surface area contributed by atoms with E-state index >= 15 is 0 Å². The van der Waals surface area contributed by atoms with Crippen molar-refractivity contribution in [2.75, 3.05) is 0 Å². The van der Waals surface area contributed by atoms with Gasteiger partial charge >= 0.3 is 0 Å². The molecule has 1 unspecified atom stereocenters. The Morgan fingerprint density at radius 3 is 2.67 bits per heavy atom. The minimum absolute atomic E-state index is 0.0165. The average Bonchev–Trinajstić information content (AvgIpc) is 3.13. The molecule has 0 saturated carbocycles. The molecule has 3 aromatic rings. The van der Waals surface area contributed by atoms with Crippen LogP contribution in [-0.2, 0) is 11.2 Å². The minimum Gasteiger partial charge on any atom is -0.299 e. The first-order chi connectivity index (χ1) is 11.7. The SMILES string of the molecule is CCC(C(=O)Cc1cnc(-n2cccn2)[nH]c1=O)c1ccccc1. The first-order valence-corrected chi connectivity index (χ1v) is 7.85. The average molecular weight is 322 g/mol. The van der Waals surface area contributed by atoms with Crippen molar-refractivity contribution < 1.29 is 4.79 Å². The molecule has 2 heterocycles. The molecular weight excluding hydrogens is 304 g/mol. The predicted octanol–water partition coefficient (Wildman–Crippen LogP) is 2.26. The molecule has 0 saturated heterocycles. The summed E-state index contributed by atoms with van der Waals surface area (Å²) in [5.41, 5.74) is 1.03. The van der Waals surface area contributed by atoms with Gasteiger partial charge in [0.1, 0.15) is 5.78 Å². The van der Waals surface area contributed by atoms with Crippen molar-refractivity contribution in [1.29, 1.82) is 0 Å². The van der Waals surface area contributed by atoms with Gasteiger partial charge in [-0.05, 0) is 18.1 Å². The maximum Gasteiger partial charge on any atom is 0.255 e. The number of hydrogen-bond acceptors (Lipinski definition) is 4. The van der Waals surface area contributed by atoms with Gasteiger partial charge in [0.05, 0.1) is 0 Å². The van der Waals surface area contributed by atoms with E-state index in [2.05, 4.69) is 15.1 Å². The van der Waals surface area contributed by atoms with Crippen LogP contribution in [0.4, 0.5) is 0 Å². The van der Waals surface area contributed by atoms with Crippen LogP contribution >= 0.6 is 0 Å². The van der Waals surface area contributed by atoms with Crippen molar-refractivity contribution in [3.63, 3.8) is 0 Å². The Bertz CT molecular complexity index is 870. The quantitative estimate of drug-likeness (QED) is 0.755. The van der Waals surface area contributed by atoms with Crippen LogP contribution in [0.15, 0.2) is 59.8 Å². The molecular formula is C18H18N4O2. The monoisotopic (exact) mass is 322 g/mol. The van der Waals surface area contributed by atoms with Gasteiger partial charge < -0.3 is 0 Å². The van der Waals surface area contributed by atoms with E-state index in [0.717, 1.165) is 5.56 Å². The highest BCUT2D eigenvalue weighted by Crippen LogP contribution is 2.21. The van der Waals surface area contributed by atoms with E-state index in [-0.39, 0.29) is 23.7 Å². The second-order valence-electron chi connectivity index (χ2n) is 5.53. The first-order valence-electron chi connectivity index (χ1n) is 7.85. The number of rotatable bonds is 6. The number of hydrogen-bond donors (Lipinski definition) is 1. The van der Waals surface area contributed by atoms with E-state index in [1.54, 1.807) is 18.5 Å². The highest BCUT2D eigenvalue weighted by atomic mass is 16.1. The van der Waals surface area contributed by atoms with Crippen LogP contribution in [0.2, 0.25) is 0 Å². The lowest BCUT2D eigenvalue weighted by atomic mass is 9.89. The Labute approximate surface area is 139 Å². The van der Waals surface area contributed by atoms with E-state index in [4.69, 9.17) is 0 Å². The summed E-state index contributed by atoms with van der Waals surface area (Å²) in [6, 6.07) is 11.4. The van der Waals surface area contributed by atoms with E-state index in [1.807, 2.05) is 37.3 Å². The summed E-state index contributed by atoms with van der Waals surface area (Å²) in [6.07, 6.45) is 5.49. The molecule has 24 heavy (non-hydrogen) atoms. The fourth-order valence-electron chi connectivity index (χ4n) is 2.69. The summed E-state index contributed by atoms with van der Waals surface area (Å²) >= 11 is 0. The lowest BCUT2D eigenvalue weighted by Gasteiger charge is -2.14. The third-order valence-corrected chi connectivity index (χ3v) is 3.94. The summed E-state index contributed by atoms with van der Waals surface area (Å²) in [6.45, 7) is 1.97. The van der Waals surface area contributed by atoms with Crippen molar-refractivity contribution >= 4 is 5.78 Å². The number of H-pyrrole nitrogens is 1. The van der Waals surface area contributed by atoms with Crippen molar-refractivity contribution in [1.82, 2.24) is 19.7 Å². The molecule has 0 spiro atoms. The van der Waals surface area contributed by atoms with Gasteiger partial charge in [-0.3, -0.25) is 14.6 Å². The van der Waals surface area contributed by atoms with Crippen LogP contribution in [0.3, 0.4) is 0 Å². The minimum atomic E-state index is -0.313. The second-order valence-corrected chi connectivity index (χ2v) is 5.53. The van der Waals surface area contributed by atoms with Crippen LogP contribution in [0.25, 0.3) is 5.95 Å². The first kappa shape index (κ1) is 15.9. The molecule has 6 nitrogen and oxygen atoms in total. The Morgan fingerprint density at radius 2 is 2.04 bits per heavy atom. The third kappa shape index (κ3) is 3.32. The Morgan fingerprint density at radius 1 is 1.25 bits per heavy atom. The van der Waals surface area contributed by atoms with Gasteiger partial charge in [0.25, 0.3) is 5.56 Å². The van der Waals surface area contributed by atoms with Crippen molar-refractivity contribution in [3.05, 3.63) is 76.5 Å². The maximum atomic E-state index is 12.6. The smallest absolute Gasteiger partial charge is 0.255 e. The zero-order valence-corrected chi connectivity index (χ0v) is 13.3. The lowest BCUT2D eigenvalue weighted by Crippen LogP contribution is -2.22. The largest absolute Gasteiger partial charge is 0.299 e. The van der Waals surface area contributed by atoms with Crippen LogP contribution < -0.4 is 5.56 Å². The number of carbonyl (C=O) groups is 1. The normalized spacial score (nSPS) is 12.0. The highest BCUT2D eigenvalue weighted by molar-refractivity contribution is 5.87. The molecule has 0 aliphatic rings. The summed E-state index contributed by atoms with van der Waals surface area (Å²) < 4.78 is 1.46. The molecule has 0 bridgehead atoms. The van der Waals surface area contributed by atoms with Crippen molar-refractivity contribution in [2.24, 2.45) is 0 Å².